The van der Waals surface area contributed by atoms with Crippen molar-refractivity contribution in [3.63, 3.8) is 0 Å². The first-order chi connectivity index (χ1) is 6.33. The molecule has 3 heteroatoms. The van der Waals surface area contributed by atoms with Gasteiger partial charge in [-0.3, -0.25) is 4.79 Å². The molecule has 2 rings (SSSR count). The molecule has 1 aromatic heterocycles. The van der Waals surface area contributed by atoms with Crippen LogP contribution in [0.4, 0.5) is 0 Å². The van der Waals surface area contributed by atoms with Crippen molar-refractivity contribution in [1.82, 2.24) is 5.16 Å². The van der Waals surface area contributed by atoms with Gasteiger partial charge in [0, 0.05) is 0 Å². The first kappa shape index (κ1) is 8.10. The van der Waals surface area contributed by atoms with Gasteiger partial charge in [0.05, 0.1) is 5.39 Å². The van der Waals surface area contributed by atoms with Gasteiger partial charge in [-0.25, -0.2) is 0 Å². The molecule has 0 saturated carbocycles. The van der Waals surface area contributed by atoms with Gasteiger partial charge in [0.1, 0.15) is 0 Å². The molecule has 1 heterocycles. The van der Waals surface area contributed by atoms with E-state index in [2.05, 4.69) is 12.1 Å². The number of rotatable bonds is 2. The molecule has 0 unspecified atom stereocenters. The van der Waals surface area contributed by atoms with Gasteiger partial charge >= 0.3 is 0 Å². The summed E-state index contributed by atoms with van der Waals surface area (Å²) >= 11 is 0. The molecule has 0 aliphatic heterocycles. The molecule has 0 bridgehead atoms. The van der Waals surface area contributed by atoms with Crippen LogP contribution in [0.25, 0.3) is 11.0 Å². The largest absolute Gasteiger partial charge is 0.378 e. The van der Waals surface area contributed by atoms with Crippen molar-refractivity contribution in [3.05, 3.63) is 34.1 Å². The minimum absolute atomic E-state index is 0.126. The third-order valence-electron chi connectivity index (χ3n) is 2.11. The third-order valence-corrected chi connectivity index (χ3v) is 2.11. The van der Waals surface area contributed by atoms with Gasteiger partial charge in [0.15, 0.2) is 5.58 Å². The summed E-state index contributed by atoms with van der Waals surface area (Å²) < 4.78 is 5.00. The zero-order chi connectivity index (χ0) is 9.26. The summed E-state index contributed by atoms with van der Waals surface area (Å²) in [6, 6.07) is 5.67. The van der Waals surface area contributed by atoms with Crippen molar-refractivity contribution in [3.8, 4) is 0 Å². The number of H-pyrrole nitrogens is 1. The smallest absolute Gasteiger partial charge is 0.288 e. The standard InChI is InChI=1S/C10H11NO2/c1-2-4-7-5-3-6-8-9(7)10(12)11-13-8/h3,5-6H,2,4H2,1H3,(H,11,12). The predicted octanol–water partition coefficient (Wildman–Crippen LogP) is 2.07. The maximum Gasteiger partial charge on any atom is 0.288 e. The highest BCUT2D eigenvalue weighted by atomic mass is 16.5. The highest BCUT2D eigenvalue weighted by molar-refractivity contribution is 5.79. The Morgan fingerprint density at radius 1 is 1.46 bits per heavy atom. The zero-order valence-electron chi connectivity index (χ0n) is 7.46. The molecule has 0 spiro atoms. The molecule has 0 aliphatic carbocycles. The maximum absolute atomic E-state index is 11.3. The number of aromatic nitrogens is 1. The van der Waals surface area contributed by atoms with Crippen LogP contribution in [-0.2, 0) is 6.42 Å². The number of aryl methyl sites for hydroxylation is 1. The normalized spacial score (nSPS) is 10.8. The number of hydrogen-bond acceptors (Lipinski definition) is 2. The number of fused-ring (bicyclic) bond motifs is 1. The molecule has 0 atom stereocenters. The molecule has 0 fully saturated rings. The molecule has 0 aliphatic rings. The molecule has 3 nitrogen and oxygen atoms in total. The summed E-state index contributed by atoms with van der Waals surface area (Å²) in [5.41, 5.74) is 1.59. The van der Waals surface area contributed by atoms with Gasteiger partial charge in [-0.1, -0.05) is 25.5 Å². The van der Waals surface area contributed by atoms with Crippen molar-refractivity contribution < 1.29 is 4.52 Å². The van der Waals surface area contributed by atoms with Crippen LogP contribution in [0, 0.1) is 0 Å². The SMILES string of the molecule is CCCc1cccc2o[nH]c(=O)c12. The summed E-state index contributed by atoms with van der Waals surface area (Å²) in [4.78, 5) is 11.3. The van der Waals surface area contributed by atoms with E-state index in [4.69, 9.17) is 4.52 Å². The van der Waals surface area contributed by atoms with Crippen molar-refractivity contribution in [2.24, 2.45) is 0 Å². The molecule has 2 aromatic rings. The Labute approximate surface area is 75.3 Å². The Hall–Kier alpha value is -1.51. The van der Waals surface area contributed by atoms with Crippen molar-refractivity contribution >= 4 is 11.0 Å². The Morgan fingerprint density at radius 3 is 3.08 bits per heavy atom. The van der Waals surface area contributed by atoms with Crippen LogP contribution in [0.3, 0.4) is 0 Å². The van der Waals surface area contributed by atoms with Crippen LogP contribution in [0.5, 0.6) is 0 Å². The zero-order valence-corrected chi connectivity index (χ0v) is 7.46. The van der Waals surface area contributed by atoms with Gasteiger partial charge in [-0.2, -0.15) is 5.16 Å². The fourth-order valence-electron chi connectivity index (χ4n) is 1.55. The Balaban J connectivity index is 2.73. The lowest BCUT2D eigenvalue weighted by atomic mass is 10.1. The van der Waals surface area contributed by atoms with E-state index in [9.17, 15) is 4.79 Å². The summed E-state index contributed by atoms with van der Waals surface area (Å²) in [6.07, 6.45) is 1.95. The van der Waals surface area contributed by atoms with Gasteiger partial charge < -0.3 is 4.52 Å². The van der Waals surface area contributed by atoms with E-state index >= 15 is 0 Å². The third kappa shape index (κ3) is 1.26. The highest BCUT2D eigenvalue weighted by Crippen LogP contribution is 2.15. The lowest BCUT2D eigenvalue weighted by Gasteiger charge is -1.96. The summed E-state index contributed by atoms with van der Waals surface area (Å²) in [5.74, 6) is 0. The van der Waals surface area contributed by atoms with E-state index in [1.165, 1.54) is 0 Å². The highest BCUT2D eigenvalue weighted by Gasteiger charge is 2.06. The Kier molecular flexibility index (Phi) is 1.93. The number of benzene rings is 1. The second kappa shape index (κ2) is 3.09. The number of nitrogens with one attached hydrogen (secondary N) is 1. The van der Waals surface area contributed by atoms with Crippen LogP contribution in [-0.4, -0.2) is 5.16 Å². The Morgan fingerprint density at radius 2 is 2.31 bits per heavy atom. The van der Waals surface area contributed by atoms with Crippen LogP contribution < -0.4 is 5.56 Å². The molecule has 1 aromatic carbocycles. The van der Waals surface area contributed by atoms with Gasteiger partial charge in [0.25, 0.3) is 5.56 Å². The van der Waals surface area contributed by atoms with E-state index in [1.807, 2.05) is 12.1 Å². The van der Waals surface area contributed by atoms with Crippen molar-refractivity contribution in [2.75, 3.05) is 0 Å². The first-order valence-electron chi connectivity index (χ1n) is 4.42. The topological polar surface area (TPSA) is 46.0 Å². The summed E-state index contributed by atoms with van der Waals surface area (Å²) in [7, 11) is 0. The van der Waals surface area contributed by atoms with Crippen molar-refractivity contribution in [2.45, 2.75) is 19.8 Å². The number of hydrogen-bond donors (Lipinski definition) is 1. The van der Waals surface area contributed by atoms with E-state index in [0.717, 1.165) is 18.4 Å². The van der Waals surface area contributed by atoms with Gasteiger partial charge in [-0.15, -0.1) is 0 Å². The fraction of sp³-hybridized carbons (Fsp3) is 0.300. The average Bonchev–Trinajstić information content (AvgIpc) is 2.50. The second-order valence-corrected chi connectivity index (χ2v) is 3.07. The van der Waals surface area contributed by atoms with Crippen molar-refractivity contribution in [1.29, 1.82) is 0 Å². The molecular formula is C10H11NO2. The first-order valence-corrected chi connectivity index (χ1v) is 4.42. The summed E-state index contributed by atoms with van der Waals surface area (Å²) in [6.45, 7) is 2.09. The van der Waals surface area contributed by atoms with Crippen LogP contribution in [0.1, 0.15) is 18.9 Å². The van der Waals surface area contributed by atoms with Gasteiger partial charge in [0.2, 0.25) is 0 Å². The van der Waals surface area contributed by atoms with E-state index in [1.54, 1.807) is 6.07 Å². The molecule has 0 radical (unpaired) electrons. The molecule has 0 saturated heterocycles. The van der Waals surface area contributed by atoms with E-state index < -0.39 is 0 Å². The van der Waals surface area contributed by atoms with Crippen LogP contribution in [0.15, 0.2) is 27.5 Å². The minimum atomic E-state index is -0.126. The average molecular weight is 177 g/mol. The van der Waals surface area contributed by atoms with Crippen LogP contribution in [0.2, 0.25) is 0 Å². The lowest BCUT2D eigenvalue weighted by Crippen LogP contribution is -2.00. The number of aromatic amines is 1. The molecule has 0 amide bonds. The maximum atomic E-state index is 11.3. The predicted molar refractivity (Wildman–Crippen MR) is 50.8 cm³/mol. The lowest BCUT2D eigenvalue weighted by molar-refractivity contribution is 0.449. The molecule has 13 heavy (non-hydrogen) atoms. The quantitative estimate of drug-likeness (QED) is 0.763. The second-order valence-electron chi connectivity index (χ2n) is 3.07. The minimum Gasteiger partial charge on any atom is -0.378 e. The summed E-state index contributed by atoms with van der Waals surface area (Å²) in [5, 5.41) is 3.04. The molecule has 1 N–H and O–H groups in total. The van der Waals surface area contributed by atoms with Gasteiger partial charge in [-0.05, 0) is 18.1 Å². The van der Waals surface area contributed by atoms with E-state index in [-0.39, 0.29) is 5.56 Å². The fourth-order valence-corrected chi connectivity index (χ4v) is 1.55. The molecule has 68 valence electrons. The Bertz CT molecular complexity index is 467. The molecular weight excluding hydrogens is 166 g/mol. The monoisotopic (exact) mass is 177 g/mol. The van der Waals surface area contributed by atoms with Crippen LogP contribution >= 0.6 is 0 Å². The van der Waals surface area contributed by atoms with E-state index in [0.29, 0.717) is 11.0 Å².